The van der Waals surface area contributed by atoms with Gasteiger partial charge in [0.25, 0.3) is 0 Å². The van der Waals surface area contributed by atoms with Gasteiger partial charge in [-0.15, -0.1) is 5.10 Å². The number of methoxy groups -OCH3 is 2. The first-order valence-electron chi connectivity index (χ1n) is 8.53. The smallest absolute Gasteiger partial charge is 0.316 e. The molecule has 2 aromatic heterocycles. The second-order valence-electron chi connectivity index (χ2n) is 5.83. The molecule has 29 heavy (non-hydrogen) atoms. The number of amides is 1. The van der Waals surface area contributed by atoms with Gasteiger partial charge < -0.3 is 19.3 Å². The Bertz CT molecular complexity index is 1140. The van der Waals surface area contributed by atoms with E-state index in [2.05, 4.69) is 25.8 Å². The Hall–Kier alpha value is -4.21. The summed E-state index contributed by atoms with van der Waals surface area (Å²) in [6.07, 6.45) is 1.65. The molecule has 0 radical (unpaired) electrons. The maximum absolute atomic E-state index is 12.4. The highest BCUT2D eigenvalue weighted by Gasteiger charge is 2.19. The lowest BCUT2D eigenvalue weighted by molar-refractivity contribution is 0.0981. The second-order valence-corrected chi connectivity index (χ2v) is 5.83. The molecule has 0 atom stereocenters. The Morgan fingerprint density at radius 2 is 1.86 bits per heavy atom. The fourth-order valence-corrected chi connectivity index (χ4v) is 2.59. The van der Waals surface area contributed by atoms with Gasteiger partial charge in [0.05, 0.1) is 26.1 Å². The summed E-state index contributed by atoms with van der Waals surface area (Å²) in [5.41, 5.74) is 1.70. The lowest BCUT2D eigenvalue weighted by Gasteiger charge is -2.09. The number of nitrogens with one attached hydrogen (secondary N) is 1. The molecule has 0 fully saturated rings. The van der Waals surface area contributed by atoms with E-state index in [1.807, 2.05) is 30.3 Å². The van der Waals surface area contributed by atoms with Crippen molar-refractivity contribution in [3.05, 3.63) is 60.6 Å². The summed E-state index contributed by atoms with van der Waals surface area (Å²) in [6, 6.07) is 14.4. The highest BCUT2D eigenvalue weighted by atomic mass is 16.5. The predicted octanol–water partition coefficient (Wildman–Crippen LogP) is 2.59. The quantitative estimate of drug-likeness (QED) is 0.532. The molecule has 1 amide bonds. The van der Waals surface area contributed by atoms with Crippen LogP contribution in [0.3, 0.4) is 0 Å². The number of nitrogens with zero attached hydrogens (tertiary/aromatic N) is 5. The normalized spacial score (nSPS) is 10.6. The largest absolute Gasteiger partial charge is 0.493 e. The van der Waals surface area contributed by atoms with Crippen molar-refractivity contribution >= 4 is 11.6 Å². The SMILES string of the molecule is COc1ccc(NC(=O)c2nc(-c3cn(-c4ccccc4)nn3)no2)cc1OC. The minimum atomic E-state index is -0.563. The van der Waals surface area contributed by atoms with Crippen LogP contribution >= 0.6 is 0 Å². The summed E-state index contributed by atoms with van der Waals surface area (Å²) in [5, 5.41) is 14.5. The van der Waals surface area contributed by atoms with Crippen LogP contribution < -0.4 is 14.8 Å². The molecule has 0 aliphatic rings. The van der Waals surface area contributed by atoms with E-state index in [0.717, 1.165) is 5.69 Å². The molecule has 146 valence electrons. The lowest BCUT2D eigenvalue weighted by Crippen LogP contribution is -2.12. The van der Waals surface area contributed by atoms with Crippen molar-refractivity contribution in [1.29, 1.82) is 0 Å². The van der Waals surface area contributed by atoms with Crippen LogP contribution in [-0.2, 0) is 0 Å². The molecule has 0 spiro atoms. The first-order valence-corrected chi connectivity index (χ1v) is 8.53. The molecule has 2 heterocycles. The van der Waals surface area contributed by atoms with Crippen molar-refractivity contribution in [3.63, 3.8) is 0 Å². The molecule has 10 heteroatoms. The van der Waals surface area contributed by atoms with Gasteiger partial charge in [-0.25, -0.2) is 4.68 Å². The third-order valence-corrected chi connectivity index (χ3v) is 4.00. The summed E-state index contributed by atoms with van der Waals surface area (Å²) >= 11 is 0. The average Bonchev–Trinajstić information content (AvgIpc) is 3.44. The Morgan fingerprint density at radius 3 is 2.62 bits per heavy atom. The molecule has 4 rings (SSSR count). The van der Waals surface area contributed by atoms with E-state index in [0.29, 0.717) is 22.9 Å². The summed E-state index contributed by atoms with van der Waals surface area (Å²) in [5.74, 6) is 0.418. The monoisotopic (exact) mass is 392 g/mol. The molecule has 0 unspecified atom stereocenters. The van der Waals surface area contributed by atoms with Gasteiger partial charge >= 0.3 is 11.8 Å². The second kappa shape index (κ2) is 7.80. The van der Waals surface area contributed by atoms with Crippen molar-refractivity contribution in [2.75, 3.05) is 19.5 Å². The molecule has 0 aliphatic carbocycles. The molecule has 2 aromatic carbocycles. The van der Waals surface area contributed by atoms with Crippen LogP contribution in [0, 0.1) is 0 Å². The van der Waals surface area contributed by atoms with Crippen molar-refractivity contribution < 1.29 is 18.8 Å². The number of rotatable bonds is 6. The van der Waals surface area contributed by atoms with Crippen molar-refractivity contribution in [2.24, 2.45) is 0 Å². The van der Waals surface area contributed by atoms with E-state index >= 15 is 0 Å². The number of carbonyl (C=O) groups is 1. The zero-order valence-electron chi connectivity index (χ0n) is 15.6. The molecule has 0 bridgehead atoms. The predicted molar refractivity (Wildman–Crippen MR) is 102 cm³/mol. The zero-order valence-corrected chi connectivity index (χ0v) is 15.6. The van der Waals surface area contributed by atoms with Crippen LogP contribution in [0.1, 0.15) is 10.7 Å². The number of ether oxygens (including phenoxy) is 2. The van der Waals surface area contributed by atoms with Crippen molar-refractivity contribution in [3.8, 4) is 28.7 Å². The number of anilines is 1. The number of carbonyl (C=O) groups excluding carboxylic acids is 1. The molecule has 0 saturated carbocycles. The van der Waals surface area contributed by atoms with Gasteiger partial charge in [0, 0.05) is 11.8 Å². The maximum Gasteiger partial charge on any atom is 0.316 e. The van der Waals surface area contributed by atoms with Gasteiger partial charge in [0.15, 0.2) is 17.2 Å². The molecular formula is C19H16N6O4. The van der Waals surface area contributed by atoms with E-state index < -0.39 is 5.91 Å². The Balaban J connectivity index is 1.51. The number of hydrogen-bond acceptors (Lipinski definition) is 8. The third-order valence-electron chi connectivity index (χ3n) is 4.00. The third kappa shape index (κ3) is 3.76. The molecule has 1 N–H and O–H groups in total. The van der Waals surface area contributed by atoms with E-state index in [-0.39, 0.29) is 11.7 Å². The summed E-state index contributed by atoms with van der Waals surface area (Å²) in [4.78, 5) is 16.5. The topological polar surface area (TPSA) is 117 Å². The highest BCUT2D eigenvalue weighted by molar-refractivity contribution is 6.01. The van der Waals surface area contributed by atoms with Gasteiger partial charge in [-0.2, -0.15) is 4.98 Å². The van der Waals surface area contributed by atoms with Crippen molar-refractivity contribution in [1.82, 2.24) is 25.1 Å². The van der Waals surface area contributed by atoms with Crippen LogP contribution in [-0.4, -0.2) is 45.3 Å². The average molecular weight is 392 g/mol. The van der Waals surface area contributed by atoms with E-state index in [9.17, 15) is 4.79 Å². The highest BCUT2D eigenvalue weighted by Crippen LogP contribution is 2.29. The number of benzene rings is 2. The minimum Gasteiger partial charge on any atom is -0.493 e. The number of para-hydroxylation sites is 1. The van der Waals surface area contributed by atoms with E-state index in [4.69, 9.17) is 14.0 Å². The summed E-state index contributed by atoms with van der Waals surface area (Å²) in [6.45, 7) is 0. The van der Waals surface area contributed by atoms with Crippen LogP contribution in [0.2, 0.25) is 0 Å². The van der Waals surface area contributed by atoms with E-state index in [1.54, 1.807) is 29.1 Å². The summed E-state index contributed by atoms with van der Waals surface area (Å²) < 4.78 is 17.0. The molecule has 0 aliphatic heterocycles. The molecule has 4 aromatic rings. The first-order chi connectivity index (χ1) is 14.2. The van der Waals surface area contributed by atoms with Gasteiger partial charge in [-0.05, 0) is 24.3 Å². The number of aromatic nitrogens is 5. The van der Waals surface area contributed by atoms with Crippen LogP contribution in [0.25, 0.3) is 17.2 Å². The Labute approximate surface area is 165 Å². The summed E-state index contributed by atoms with van der Waals surface area (Å²) in [7, 11) is 3.04. The first kappa shape index (κ1) is 18.2. The fraction of sp³-hybridized carbons (Fsp3) is 0.105. The van der Waals surface area contributed by atoms with Gasteiger partial charge in [-0.1, -0.05) is 28.6 Å². The maximum atomic E-state index is 12.4. The lowest BCUT2D eigenvalue weighted by atomic mass is 10.2. The van der Waals surface area contributed by atoms with Gasteiger partial charge in [0.2, 0.25) is 5.82 Å². The standard InChI is InChI=1S/C19H16N6O4/c1-27-15-9-8-12(10-16(15)28-2)20-18(26)19-21-17(23-29-19)14-11-25(24-22-14)13-6-4-3-5-7-13/h3-11H,1-2H3,(H,20,26). The van der Waals surface area contributed by atoms with Gasteiger partial charge in [0.1, 0.15) is 0 Å². The van der Waals surface area contributed by atoms with Crippen LogP contribution in [0.5, 0.6) is 11.5 Å². The molecule has 0 saturated heterocycles. The Morgan fingerprint density at radius 1 is 1.07 bits per heavy atom. The van der Waals surface area contributed by atoms with Crippen molar-refractivity contribution in [2.45, 2.75) is 0 Å². The minimum absolute atomic E-state index is 0.157. The Kier molecular flexibility index (Phi) is 4.89. The van der Waals surface area contributed by atoms with Crippen LogP contribution in [0.15, 0.2) is 59.3 Å². The molecular weight excluding hydrogens is 376 g/mol. The molecule has 10 nitrogen and oxygen atoms in total. The van der Waals surface area contributed by atoms with Crippen LogP contribution in [0.4, 0.5) is 5.69 Å². The fourth-order valence-electron chi connectivity index (χ4n) is 2.59. The van der Waals surface area contributed by atoms with E-state index in [1.165, 1.54) is 14.2 Å². The number of hydrogen-bond donors (Lipinski definition) is 1. The van der Waals surface area contributed by atoms with Gasteiger partial charge in [-0.3, -0.25) is 4.79 Å². The zero-order chi connectivity index (χ0) is 20.2.